The SMILES string of the molecule is COc1ccc(C#CCN)cc1NC(=O)c1ccc[nH]1. The van der Waals surface area contributed by atoms with Crippen LogP contribution in [0.25, 0.3) is 0 Å². The number of methoxy groups -OCH3 is 1. The van der Waals surface area contributed by atoms with Crippen molar-refractivity contribution in [3.8, 4) is 17.6 Å². The van der Waals surface area contributed by atoms with Gasteiger partial charge in [-0.1, -0.05) is 11.8 Å². The maximum absolute atomic E-state index is 12.0. The Bertz CT molecular complexity index is 651. The Hall–Kier alpha value is -2.71. The molecule has 102 valence electrons. The molecule has 0 fully saturated rings. The van der Waals surface area contributed by atoms with Crippen LogP contribution in [0.3, 0.4) is 0 Å². The van der Waals surface area contributed by atoms with Crippen molar-refractivity contribution in [2.24, 2.45) is 5.73 Å². The lowest BCUT2D eigenvalue weighted by Gasteiger charge is -2.10. The topological polar surface area (TPSA) is 80.1 Å². The molecular formula is C15H15N3O2. The molecule has 4 N–H and O–H groups in total. The van der Waals surface area contributed by atoms with Crippen LogP contribution < -0.4 is 15.8 Å². The summed E-state index contributed by atoms with van der Waals surface area (Å²) in [7, 11) is 1.55. The molecule has 0 unspecified atom stereocenters. The molecule has 5 nitrogen and oxygen atoms in total. The van der Waals surface area contributed by atoms with Crippen molar-refractivity contribution in [1.82, 2.24) is 4.98 Å². The highest BCUT2D eigenvalue weighted by atomic mass is 16.5. The third-order valence-corrected chi connectivity index (χ3v) is 2.63. The van der Waals surface area contributed by atoms with Crippen LogP contribution in [0.5, 0.6) is 5.75 Å². The van der Waals surface area contributed by atoms with Crippen molar-refractivity contribution in [1.29, 1.82) is 0 Å². The maximum atomic E-state index is 12.0. The average molecular weight is 269 g/mol. The van der Waals surface area contributed by atoms with Gasteiger partial charge in [0, 0.05) is 11.8 Å². The number of nitrogens with one attached hydrogen (secondary N) is 2. The number of H-pyrrole nitrogens is 1. The number of rotatable bonds is 3. The van der Waals surface area contributed by atoms with Gasteiger partial charge in [-0.25, -0.2) is 0 Å². The summed E-state index contributed by atoms with van der Waals surface area (Å²) in [5.41, 5.74) is 7.15. The molecule has 0 aliphatic heterocycles. The Morgan fingerprint density at radius 3 is 2.95 bits per heavy atom. The normalized spacial score (nSPS) is 9.50. The molecule has 1 aromatic heterocycles. The second kappa shape index (κ2) is 6.45. The van der Waals surface area contributed by atoms with Gasteiger partial charge >= 0.3 is 0 Å². The minimum atomic E-state index is -0.239. The van der Waals surface area contributed by atoms with Crippen LogP contribution in [0, 0.1) is 11.8 Å². The van der Waals surface area contributed by atoms with E-state index in [-0.39, 0.29) is 12.5 Å². The number of ether oxygens (including phenoxy) is 1. The predicted molar refractivity (Wildman–Crippen MR) is 77.7 cm³/mol. The van der Waals surface area contributed by atoms with Gasteiger partial charge in [0.25, 0.3) is 5.91 Å². The number of carbonyl (C=O) groups is 1. The van der Waals surface area contributed by atoms with E-state index in [9.17, 15) is 4.79 Å². The first-order chi connectivity index (χ1) is 9.74. The minimum Gasteiger partial charge on any atom is -0.495 e. The Morgan fingerprint density at radius 2 is 2.30 bits per heavy atom. The molecule has 2 rings (SSSR count). The van der Waals surface area contributed by atoms with Gasteiger partial charge in [0.1, 0.15) is 11.4 Å². The van der Waals surface area contributed by atoms with E-state index in [4.69, 9.17) is 10.5 Å². The van der Waals surface area contributed by atoms with Crippen LogP contribution in [0.4, 0.5) is 5.69 Å². The summed E-state index contributed by atoms with van der Waals surface area (Å²) in [6.07, 6.45) is 1.69. The largest absolute Gasteiger partial charge is 0.495 e. The molecule has 0 radical (unpaired) electrons. The first-order valence-corrected chi connectivity index (χ1v) is 6.06. The smallest absolute Gasteiger partial charge is 0.272 e. The number of aromatic amines is 1. The molecule has 0 spiro atoms. The van der Waals surface area contributed by atoms with Gasteiger partial charge in [0.15, 0.2) is 0 Å². The van der Waals surface area contributed by atoms with Gasteiger partial charge in [-0.05, 0) is 30.3 Å². The molecule has 20 heavy (non-hydrogen) atoms. The number of benzene rings is 1. The van der Waals surface area contributed by atoms with Crippen molar-refractivity contribution in [3.63, 3.8) is 0 Å². The Balaban J connectivity index is 2.26. The lowest BCUT2D eigenvalue weighted by molar-refractivity contribution is 0.102. The first kappa shape index (κ1) is 13.7. The zero-order valence-electron chi connectivity index (χ0n) is 11.1. The highest BCUT2D eigenvalue weighted by Crippen LogP contribution is 2.25. The second-order valence-corrected chi connectivity index (χ2v) is 3.96. The van der Waals surface area contributed by atoms with E-state index in [2.05, 4.69) is 22.1 Å². The summed E-state index contributed by atoms with van der Waals surface area (Å²) in [5.74, 6) is 6.02. The highest BCUT2D eigenvalue weighted by Gasteiger charge is 2.10. The summed E-state index contributed by atoms with van der Waals surface area (Å²) in [6.45, 7) is 0.288. The van der Waals surface area contributed by atoms with E-state index < -0.39 is 0 Å². The van der Waals surface area contributed by atoms with Gasteiger partial charge in [0.05, 0.1) is 19.3 Å². The number of aromatic nitrogens is 1. The first-order valence-electron chi connectivity index (χ1n) is 6.06. The van der Waals surface area contributed by atoms with Gasteiger partial charge in [-0.2, -0.15) is 0 Å². The number of carbonyl (C=O) groups excluding carboxylic acids is 1. The molecular weight excluding hydrogens is 254 g/mol. The lowest BCUT2D eigenvalue weighted by Crippen LogP contribution is -2.13. The van der Waals surface area contributed by atoms with Crippen LogP contribution >= 0.6 is 0 Å². The zero-order valence-corrected chi connectivity index (χ0v) is 11.1. The van der Waals surface area contributed by atoms with Gasteiger partial charge in [0.2, 0.25) is 0 Å². The van der Waals surface area contributed by atoms with Gasteiger partial charge in [-0.15, -0.1) is 0 Å². The number of nitrogens with two attached hydrogens (primary N) is 1. The third kappa shape index (κ3) is 3.19. The fourth-order valence-electron chi connectivity index (χ4n) is 1.70. The molecule has 2 aromatic rings. The molecule has 5 heteroatoms. The molecule has 1 aromatic carbocycles. The second-order valence-electron chi connectivity index (χ2n) is 3.96. The van der Waals surface area contributed by atoms with E-state index >= 15 is 0 Å². The minimum absolute atomic E-state index is 0.239. The van der Waals surface area contributed by atoms with Crippen molar-refractivity contribution in [2.75, 3.05) is 19.0 Å². The number of anilines is 1. The number of amides is 1. The molecule has 0 aliphatic rings. The van der Waals surface area contributed by atoms with Crippen LogP contribution in [0.2, 0.25) is 0 Å². The van der Waals surface area contributed by atoms with Gasteiger partial charge < -0.3 is 20.8 Å². The molecule has 1 amide bonds. The van der Waals surface area contributed by atoms with Crippen LogP contribution in [-0.4, -0.2) is 24.5 Å². The molecule has 0 atom stereocenters. The van der Waals surface area contributed by atoms with E-state index in [0.29, 0.717) is 17.1 Å². The standard InChI is InChI=1S/C15H15N3O2/c1-20-14-7-6-11(4-2-8-16)10-13(14)18-15(19)12-5-3-9-17-12/h3,5-7,9-10,17H,8,16H2,1H3,(H,18,19). The third-order valence-electron chi connectivity index (χ3n) is 2.63. The molecule has 1 heterocycles. The number of hydrogen-bond acceptors (Lipinski definition) is 3. The van der Waals surface area contributed by atoms with Gasteiger partial charge in [-0.3, -0.25) is 4.79 Å². The van der Waals surface area contributed by atoms with Crippen LogP contribution in [0.1, 0.15) is 16.1 Å². The summed E-state index contributed by atoms with van der Waals surface area (Å²) < 4.78 is 5.23. The Kier molecular flexibility index (Phi) is 4.43. The van der Waals surface area contributed by atoms with E-state index in [0.717, 1.165) is 5.56 Å². The average Bonchev–Trinajstić information content (AvgIpc) is 2.99. The predicted octanol–water partition coefficient (Wildman–Crippen LogP) is 1.59. The molecule has 0 saturated carbocycles. The highest BCUT2D eigenvalue weighted by molar-refractivity contribution is 6.03. The van der Waals surface area contributed by atoms with E-state index in [1.807, 2.05) is 6.07 Å². The molecule has 0 aliphatic carbocycles. The summed E-state index contributed by atoms with van der Waals surface area (Å²) >= 11 is 0. The maximum Gasteiger partial charge on any atom is 0.272 e. The van der Waals surface area contributed by atoms with Crippen molar-refractivity contribution in [2.45, 2.75) is 0 Å². The molecule has 0 saturated heterocycles. The molecule has 0 bridgehead atoms. The Labute approximate surface area is 117 Å². The summed E-state index contributed by atoms with van der Waals surface area (Å²) in [4.78, 5) is 14.9. The van der Waals surface area contributed by atoms with Crippen molar-refractivity contribution in [3.05, 3.63) is 47.8 Å². The van der Waals surface area contributed by atoms with Crippen molar-refractivity contribution >= 4 is 11.6 Å². The Morgan fingerprint density at radius 1 is 1.45 bits per heavy atom. The fourth-order valence-corrected chi connectivity index (χ4v) is 1.70. The summed E-state index contributed by atoms with van der Waals surface area (Å²) in [6, 6.07) is 8.77. The zero-order chi connectivity index (χ0) is 14.4. The van der Waals surface area contributed by atoms with Crippen LogP contribution in [-0.2, 0) is 0 Å². The van der Waals surface area contributed by atoms with E-state index in [1.54, 1.807) is 37.6 Å². The fraction of sp³-hybridized carbons (Fsp3) is 0.133. The lowest BCUT2D eigenvalue weighted by atomic mass is 10.2. The van der Waals surface area contributed by atoms with Crippen molar-refractivity contribution < 1.29 is 9.53 Å². The number of hydrogen-bond donors (Lipinski definition) is 3. The van der Waals surface area contributed by atoms with Crippen LogP contribution in [0.15, 0.2) is 36.5 Å². The quantitative estimate of drug-likeness (QED) is 0.740. The summed E-state index contributed by atoms with van der Waals surface area (Å²) in [5, 5.41) is 2.79. The monoisotopic (exact) mass is 269 g/mol. The van der Waals surface area contributed by atoms with E-state index in [1.165, 1.54) is 0 Å².